The molecule has 0 amide bonds. The van der Waals surface area contributed by atoms with Crippen LogP contribution in [0.1, 0.15) is 11.1 Å². The number of rotatable bonds is 2. The Morgan fingerprint density at radius 3 is 3.11 bits per heavy atom. The number of hydrogen-bond donors (Lipinski definition) is 1. The molecule has 94 valence electrons. The number of hydrogen-bond acceptors (Lipinski definition) is 3. The monoisotopic (exact) mass is 261 g/mol. The summed E-state index contributed by atoms with van der Waals surface area (Å²) in [6.07, 6.45) is 3.31. The van der Waals surface area contributed by atoms with Gasteiger partial charge in [-0.05, 0) is 30.4 Å². The number of pyridine rings is 1. The molecular weight excluding hydrogens is 246 g/mol. The fourth-order valence-corrected chi connectivity index (χ4v) is 3.13. The van der Waals surface area contributed by atoms with E-state index in [1.165, 1.54) is 5.56 Å². The lowest BCUT2D eigenvalue weighted by Crippen LogP contribution is -2.15. The van der Waals surface area contributed by atoms with Gasteiger partial charge in [0.15, 0.2) is 0 Å². The molecule has 1 aliphatic rings. The minimum atomic E-state index is -0.0655. The number of fused-ring (bicyclic) bond motifs is 3. The summed E-state index contributed by atoms with van der Waals surface area (Å²) in [6.45, 7) is 2.03. The van der Waals surface area contributed by atoms with Crippen molar-refractivity contribution in [2.45, 2.75) is 19.4 Å². The number of aromatic nitrogens is 1. The Hall–Kier alpha value is -1.42. The van der Waals surface area contributed by atoms with Gasteiger partial charge in [0.2, 0.25) is 5.56 Å². The van der Waals surface area contributed by atoms with E-state index in [2.05, 4.69) is 17.3 Å². The van der Waals surface area contributed by atoms with Crippen LogP contribution in [-0.2, 0) is 6.42 Å². The van der Waals surface area contributed by atoms with Gasteiger partial charge in [0.25, 0.3) is 0 Å². The summed E-state index contributed by atoms with van der Waals surface area (Å²) >= 11 is 1.80. The van der Waals surface area contributed by atoms with Gasteiger partial charge in [-0.1, -0.05) is 6.07 Å². The quantitative estimate of drug-likeness (QED) is 0.903. The van der Waals surface area contributed by atoms with Gasteiger partial charge in [-0.3, -0.25) is 4.79 Å². The average Bonchev–Trinajstić information content (AvgIpc) is 2.72. The van der Waals surface area contributed by atoms with Crippen LogP contribution in [0.4, 0.5) is 0 Å². The maximum absolute atomic E-state index is 11.4. The second-order valence-electron chi connectivity index (χ2n) is 4.69. The lowest BCUT2D eigenvalue weighted by molar-refractivity contribution is 0.262. The third kappa shape index (κ3) is 1.81. The van der Waals surface area contributed by atoms with Crippen LogP contribution in [0.25, 0.3) is 10.9 Å². The van der Waals surface area contributed by atoms with Crippen LogP contribution in [-0.4, -0.2) is 23.1 Å². The van der Waals surface area contributed by atoms with Crippen molar-refractivity contribution in [3.8, 4) is 5.75 Å². The molecule has 1 unspecified atom stereocenters. The van der Waals surface area contributed by atoms with Crippen LogP contribution in [0.15, 0.2) is 23.0 Å². The van der Waals surface area contributed by atoms with Crippen molar-refractivity contribution in [3.05, 3.63) is 39.7 Å². The van der Waals surface area contributed by atoms with E-state index in [0.717, 1.165) is 34.4 Å². The van der Waals surface area contributed by atoms with E-state index in [1.807, 2.05) is 13.0 Å². The Morgan fingerprint density at radius 1 is 1.50 bits per heavy atom. The van der Waals surface area contributed by atoms with E-state index in [4.69, 9.17) is 4.74 Å². The number of aromatic amines is 1. The lowest BCUT2D eigenvalue weighted by atomic mass is 10.0. The summed E-state index contributed by atoms with van der Waals surface area (Å²) in [6, 6.07) is 5.56. The van der Waals surface area contributed by atoms with Crippen LogP contribution in [0.3, 0.4) is 0 Å². The van der Waals surface area contributed by atoms with Gasteiger partial charge in [-0.2, -0.15) is 11.8 Å². The molecule has 18 heavy (non-hydrogen) atoms. The molecule has 1 atom stereocenters. The van der Waals surface area contributed by atoms with E-state index in [1.54, 1.807) is 17.8 Å². The van der Waals surface area contributed by atoms with E-state index in [9.17, 15) is 4.79 Å². The molecule has 0 fully saturated rings. The second kappa shape index (κ2) is 4.35. The first-order valence-corrected chi connectivity index (χ1v) is 7.39. The zero-order valence-corrected chi connectivity index (χ0v) is 11.3. The molecule has 0 radical (unpaired) electrons. The Bertz CT molecular complexity index is 663. The molecule has 1 N–H and O–H groups in total. The SMILES string of the molecule is CSCC1Cc2cc(C)c3[nH]c(=O)ccc3c2O1. The van der Waals surface area contributed by atoms with Crippen molar-refractivity contribution in [1.29, 1.82) is 0 Å². The summed E-state index contributed by atoms with van der Waals surface area (Å²) in [5, 5.41) is 1.02. The number of aryl methyl sites for hydroxylation is 1. The molecule has 0 bridgehead atoms. The molecule has 2 aromatic rings. The Labute approximate surface area is 110 Å². The zero-order chi connectivity index (χ0) is 12.7. The third-order valence-corrected chi connectivity index (χ3v) is 4.03. The van der Waals surface area contributed by atoms with E-state index < -0.39 is 0 Å². The Kier molecular flexibility index (Phi) is 2.82. The van der Waals surface area contributed by atoms with Gasteiger partial charge >= 0.3 is 0 Å². The van der Waals surface area contributed by atoms with Gasteiger partial charge in [0, 0.05) is 23.6 Å². The normalized spacial score (nSPS) is 17.8. The topological polar surface area (TPSA) is 42.1 Å². The first kappa shape index (κ1) is 11.7. The molecule has 0 saturated carbocycles. The molecule has 0 aliphatic carbocycles. The van der Waals surface area contributed by atoms with Gasteiger partial charge in [-0.15, -0.1) is 0 Å². The number of nitrogens with one attached hydrogen (secondary N) is 1. The van der Waals surface area contributed by atoms with Gasteiger partial charge in [-0.25, -0.2) is 0 Å². The predicted octanol–water partition coefficient (Wildman–Crippen LogP) is 2.50. The van der Waals surface area contributed by atoms with Crippen molar-refractivity contribution in [3.63, 3.8) is 0 Å². The van der Waals surface area contributed by atoms with Crippen molar-refractivity contribution >= 4 is 22.7 Å². The maximum Gasteiger partial charge on any atom is 0.248 e. The second-order valence-corrected chi connectivity index (χ2v) is 5.60. The summed E-state index contributed by atoms with van der Waals surface area (Å²) in [4.78, 5) is 14.3. The van der Waals surface area contributed by atoms with Gasteiger partial charge in [0.1, 0.15) is 11.9 Å². The predicted molar refractivity (Wildman–Crippen MR) is 75.8 cm³/mol. The number of benzene rings is 1. The standard InChI is InChI=1S/C14H15NO2S/c1-8-5-9-6-10(7-18-2)17-14(9)11-3-4-12(16)15-13(8)11/h3-5,10H,6-7H2,1-2H3,(H,15,16). The van der Waals surface area contributed by atoms with Crippen LogP contribution < -0.4 is 10.3 Å². The summed E-state index contributed by atoms with van der Waals surface area (Å²) < 4.78 is 6.01. The third-order valence-electron chi connectivity index (χ3n) is 3.32. The molecular formula is C14H15NO2S. The molecule has 1 aromatic heterocycles. The molecule has 0 saturated heterocycles. The minimum Gasteiger partial charge on any atom is -0.488 e. The smallest absolute Gasteiger partial charge is 0.248 e. The van der Waals surface area contributed by atoms with Gasteiger partial charge in [0.05, 0.1) is 5.52 Å². The van der Waals surface area contributed by atoms with Crippen molar-refractivity contribution in [2.75, 3.05) is 12.0 Å². The van der Waals surface area contributed by atoms with Crippen LogP contribution >= 0.6 is 11.8 Å². The highest BCUT2D eigenvalue weighted by molar-refractivity contribution is 7.98. The summed E-state index contributed by atoms with van der Waals surface area (Å²) in [5.74, 6) is 1.95. The maximum atomic E-state index is 11.4. The first-order valence-electron chi connectivity index (χ1n) is 6.00. The van der Waals surface area contributed by atoms with Crippen LogP contribution in [0.2, 0.25) is 0 Å². The average molecular weight is 261 g/mol. The van der Waals surface area contributed by atoms with Crippen molar-refractivity contribution in [2.24, 2.45) is 0 Å². The van der Waals surface area contributed by atoms with Crippen LogP contribution in [0.5, 0.6) is 5.75 Å². The highest BCUT2D eigenvalue weighted by atomic mass is 32.2. The van der Waals surface area contributed by atoms with E-state index >= 15 is 0 Å². The summed E-state index contributed by atoms with van der Waals surface area (Å²) in [5.41, 5.74) is 3.19. The van der Waals surface area contributed by atoms with Crippen molar-refractivity contribution in [1.82, 2.24) is 4.98 Å². The molecule has 3 nitrogen and oxygen atoms in total. The molecule has 2 heterocycles. The van der Waals surface area contributed by atoms with Gasteiger partial charge < -0.3 is 9.72 Å². The number of ether oxygens (including phenoxy) is 1. The molecule has 1 aromatic carbocycles. The molecule has 0 spiro atoms. The fourth-order valence-electron chi connectivity index (χ4n) is 2.57. The van der Waals surface area contributed by atoms with Crippen molar-refractivity contribution < 1.29 is 4.74 Å². The summed E-state index contributed by atoms with van der Waals surface area (Å²) in [7, 11) is 0. The molecule has 3 rings (SSSR count). The fraction of sp³-hybridized carbons (Fsp3) is 0.357. The molecule has 4 heteroatoms. The van der Waals surface area contributed by atoms with Crippen LogP contribution in [0, 0.1) is 6.92 Å². The minimum absolute atomic E-state index is 0.0655. The largest absolute Gasteiger partial charge is 0.488 e. The Balaban J connectivity index is 2.17. The van der Waals surface area contributed by atoms with E-state index in [-0.39, 0.29) is 11.7 Å². The zero-order valence-electron chi connectivity index (χ0n) is 10.4. The highest BCUT2D eigenvalue weighted by Crippen LogP contribution is 2.37. The highest BCUT2D eigenvalue weighted by Gasteiger charge is 2.25. The number of thioether (sulfide) groups is 1. The number of H-pyrrole nitrogens is 1. The first-order chi connectivity index (χ1) is 8.69. The lowest BCUT2D eigenvalue weighted by Gasteiger charge is -2.10. The van der Waals surface area contributed by atoms with E-state index in [0.29, 0.717) is 0 Å². The molecule has 1 aliphatic heterocycles. The Morgan fingerprint density at radius 2 is 2.33 bits per heavy atom.